The number of methoxy groups -OCH3 is 1. The molecule has 1 aromatic rings. The zero-order chi connectivity index (χ0) is 30.0. The Kier molecular flexibility index (Phi) is 10.6. The smallest absolute Gasteiger partial charge is 0.330 e. The van der Waals surface area contributed by atoms with Crippen molar-refractivity contribution in [1.29, 1.82) is 0 Å². The Morgan fingerprint density at radius 3 is 2.38 bits per heavy atom. The molecule has 0 saturated carbocycles. The molecule has 3 heterocycles. The minimum Gasteiger partial charge on any atom is -0.756 e. The van der Waals surface area contributed by atoms with Crippen LogP contribution in [-0.4, -0.2) is 105 Å². The predicted octanol–water partition coefficient (Wildman–Crippen LogP) is -5.26. The van der Waals surface area contributed by atoms with E-state index in [0.29, 0.717) is 4.57 Å². The first-order chi connectivity index (χ1) is 18.6. The van der Waals surface area contributed by atoms with Crippen LogP contribution in [0.25, 0.3) is 0 Å². The van der Waals surface area contributed by atoms with Crippen LogP contribution in [0.3, 0.4) is 0 Å². The molecule has 2 aliphatic rings. The van der Waals surface area contributed by atoms with Gasteiger partial charge in [-0.15, -0.1) is 0 Å². The SMILES string of the molecule is COC1C(O)C(CO)OC(OP(=O)([O-])OP(=O)([O-])OCC2OC(n3ccc(=O)[nH]c3=O)C(O)C2O)C1NC(C)=O. The maximum absolute atomic E-state index is 12.4. The van der Waals surface area contributed by atoms with E-state index in [2.05, 4.69) is 18.7 Å². The van der Waals surface area contributed by atoms with Crippen LogP contribution >= 0.6 is 15.6 Å². The van der Waals surface area contributed by atoms with E-state index in [-0.39, 0.29) is 0 Å². The number of carbonyl (C=O) groups is 1. The molecule has 1 amide bonds. The summed E-state index contributed by atoms with van der Waals surface area (Å²) >= 11 is 0. The van der Waals surface area contributed by atoms with Gasteiger partial charge >= 0.3 is 5.69 Å². The monoisotopic (exact) mass is 619 g/mol. The molecule has 6 N–H and O–H groups in total. The molecule has 11 unspecified atom stereocenters. The first-order valence-electron chi connectivity index (χ1n) is 11.3. The van der Waals surface area contributed by atoms with Gasteiger partial charge in [0.15, 0.2) is 12.5 Å². The number of rotatable bonds is 11. The third-order valence-electron chi connectivity index (χ3n) is 5.79. The lowest BCUT2D eigenvalue weighted by atomic mass is 9.97. The third kappa shape index (κ3) is 7.69. The molecule has 2 fully saturated rings. The summed E-state index contributed by atoms with van der Waals surface area (Å²) in [7, 11) is -10.6. The van der Waals surface area contributed by atoms with E-state index in [9.17, 15) is 53.7 Å². The van der Waals surface area contributed by atoms with Gasteiger partial charge in [0.05, 0.1) is 13.2 Å². The highest BCUT2D eigenvalue weighted by Crippen LogP contribution is 2.57. The van der Waals surface area contributed by atoms with E-state index in [1.165, 1.54) is 0 Å². The number of phosphoric ester groups is 2. The first-order valence-corrected chi connectivity index (χ1v) is 14.2. The summed E-state index contributed by atoms with van der Waals surface area (Å²) in [4.78, 5) is 61.3. The van der Waals surface area contributed by atoms with E-state index < -0.39 is 101 Å². The van der Waals surface area contributed by atoms with E-state index in [1.54, 1.807) is 0 Å². The topological polar surface area (TPSA) is 301 Å². The summed E-state index contributed by atoms with van der Waals surface area (Å²) in [5, 5.41) is 42.3. The number of aliphatic hydroxyl groups is 4. The summed E-state index contributed by atoms with van der Waals surface area (Å²) in [6.45, 7) is -0.912. The molecular formula is C18H27N3O17P2-2. The van der Waals surface area contributed by atoms with Crippen molar-refractivity contribution in [3.05, 3.63) is 33.1 Å². The Bertz CT molecular complexity index is 1260. The summed E-state index contributed by atoms with van der Waals surface area (Å²) in [5.74, 6) is -0.738. The van der Waals surface area contributed by atoms with Gasteiger partial charge in [-0.2, -0.15) is 0 Å². The number of aromatic amines is 1. The van der Waals surface area contributed by atoms with Gasteiger partial charge in [0.25, 0.3) is 21.2 Å². The largest absolute Gasteiger partial charge is 0.756 e. The maximum atomic E-state index is 12.4. The van der Waals surface area contributed by atoms with Gasteiger partial charge in [-0.25, -0.2) is 9.11 Å². The van der Waals surface area contributed by atoms with Crippen LogP contribution in [0.2, 0.25) is 0 Å². The molecular weight excluding hydrogens is 592 g/mol. The Balaban J connectivity index is 1.67. The van der Waals surface area contributed by atoms with Gasteiger partial charge in [0.1, 0.15) is 42.7 Å². The highest BCUT2D eigenvalue weighted by atomic mass is 31.3. The molecule has 0 spiro atoms. The fourth-order valence-corrected chi connectivity index (χ4v) is 6.10. The number of amides is 1. The van der Waals surface area contributed by atoms with Gasteiger partial charge in [0.2, 0.25) is 5.91 Å². The van der Waals surface area contributed by atoms with Crippen molar-refractivity contribution < 1.29 is 71.7 Å². The zero-order valence-electron chi connectivity index (χ0n) is 20.7. The van der Waals surface area contributed by atoms with Crippen molar-refractivity contribution in [1.82, 2.24) is 14.9 Å². The second-order valence-electron chi connectivity index (χ2n) is 8.58. The molecule has 0 bridgehead atoms. The van der Waals surface area contributed by atoms with E-state index in [4.69, 9.17) is 14.2 Å². The van der Waals surface area contributed by atoms with Gasteiger partial charge in [-0.05, 0) is 0 Å². The highest BCUT2D eigenvalue weighted by Gasteiger charge is 2.48. The molecule has 0 radical (unpaired) electrons. The average Bonchev–Trinajstić information content (AvgIpc) is 3.12. The molecule has 1 aromatic heterocycles. The number of hydrogen-bond donors (Lipinski definition) is 6. The molecule has 20 nitrogen and oxygen atoms in total. The van der Waals surface area contributed by atoms with Gasteiger partial charge in [-0.1, -0.05) is 0 Å². The Morgan fingerprint density at radius 2 is 1.80 bits per heavy atom. The van der Waals surface area contributed by atoms with Crippen molar-refractivity contribution in [3.8, 4) is 0 Å². The minimum absolute atomic E-state index is 0.710. The lowest BCUT2D eigenvalue weighted by molar-refractivity contribution is -0.287. The molecule has 11 atom stereocenters. The average molecular weight is 619 g/mol. The van der Waals surface area contributed by atoms with Crippen molar-refractivity contribution in [2.24, 2.45) is 0 Å². The number of nitrogens with one attached hydrogen (secondary N) is 2. The molecule has 3 rings (SSSR count). The molecule has 0 aliphatic carbocycles. The van der Waals surface area contributed by atoms with E-state index in [0.717, 1.165) is 26.3 Å². The summed E-state index contributed by atoms with van der Waals surface area (Å²) in [6.07, 6.45) is -12.3. The maximum Gasteiger partial charge on any atom is 0.330 e. The van der Waals surface area contributed by atoms with Crippen LogP contribution in [-0.2, 0) is 41.5 Å². The van der Waals surface area contributed by atoms with Crippen molar-refractivity contribution >= 4 is 21.6 Å². The standard InChI is InChI=1S/C18H29N3O17P2/c1-7(23)19-11-15(33-2)13(26)8(5-22)36-17(11)37-40(31,32)38-39(29,30)34-6-9-12(25)14(27)16(35-9)21-4-3-10(24)20-18(21)28/h3-4,8-9,11-17,22,25-27H,5-6H2,1-2H3,(H,19,23)(H,29,30)(H,31,32)(H,20,24,28)/p-2. The number of hydrogen-bond acceptors (Lipinski definition) is 17. The van der Waals surface area contributed by atoms with Crippen LogP contribution in [0.5, 0.6) is 0 Å². The van der Waals surface area contributed by atoms with Crippen LogP contribution in [0, 0.1) is 0 Å². The fourth-order valence-electron chi connectivity index (χ4n) is 4.01. The molecule has 22 heteroatoms. The second-order valence-corrected chi connectivity index (χ2v) is 11.5. The Hall–Kier alpha value is -1.87. The second kappa shape index (κ2) is 13.0. The zero-order valence-corrected chi connectivity index (χ0v) is 22.5. The van der Waals surface area contributed by atoms with E-state index >= 15 is 0 Å². The fraction of sp³-hybridized carbons (Fsp3) is 0.722. The van der Waals surface area contributed by atoms with Crippen LogP contribution in [0.1, 0.15) is 13.2 Å². The highest BCUT2D eigenvalue weighted by molar-refractivity contribution is 7.59. The molecule has 2 saturated heterocycles. The van der Waals surface area contributed by atoms with Crippen molar-refractivity contribution in [2.75, 3.05) is 20.3 Å². The number of H-pyrrole nitrogens is 1. The predicted molar refractivity (Wildman–Crippen MR) is 121 cm³/mol. The normalized spacial score (nSPS) is 35.5. The molecule has 2 aliphatic heterocycles. The number of carbonyl (C=O) groups excluding carboxylic acids is 1. The summed E-state index contributed by atoms with van der Waals surface area (Å²) in [6, 6.07) is -0.598. The lowest BCUT2D eigenvalue weighted by Crippen LogP contribution is -2.65. The quantitative estimate of drug-likeness (QED) is 0.126. The Labute approximate surface area is 224 Å². The number of nitrogens with zero attached hydrogens (tertiary/aromatic N) is 1. The van der Waals surface area contributed by atoms with Gasteiger partial charge < -0.3 is 54.3 Å². The van der Waals surface area contributed by atoms with Crippen LogP contribution in [0.15, 0.2) is 21.9 Å². The number of aliphatic hydroxyl groups excluding tert-OH is 4. The molecule has 0 aromatic carbocycles. The number of aromatic nitrogens is 2. The minimum atomic E-state index is -5.89. The van der Waals surface area contributed by atoms with Crippen molar-refractivity contribution in [2.45, 2.75) is 62.1 Å². The Morgan fingerprint density at radius 1 is 1.12 bits per heavy atom. The summed E-state index contributed by atoms with van der Waals surface area (Å²) in [5.41, 5.74) is -1.77. The molecule has 40 heavy (non-hydrogen) atoms. The molecule has 228 valence electrons. The lowest BCUT2D eigenvalue weighted by Gasteiger charge is -2.45. The van der Waals surface area contributed by atoms with Crippen LogP contribution < -0.4 is 26.4 Å². The number of ether oxygens (including phenoxy) is 3. The van der Waals surface area contributed by atoms with Gasteiger partial charge in [-0.3, -0.25) is 32.8 Å². The van der Waals surface area contributed by atoms with Gasteiger partial charge in [0, 0.05) is 26.3 Å². The number of phosphoric acid groups is 2. The van der Waals surface area contributed by atoms with Crippen molar-refractivity contribution in [3.63, 3.8) is 0 Å². The first kappa shape index (κ1) is 32.6. The third-order valence-corrected chi connectivity index (χ3v) is 8.32. The van der Waals surface area contributed by atoms with Crippen LogP contribution in [0.4, 0.5) is 0 Å². The van der Waals surface area contributed by atoms with E-state index in [1.807, 2.05) is 4.98 Å². The summed E-state index contributed by atoms with van der Waals surface area (Å²) < 4.78 is 53.9.